The first-order valence-electron chi connectivity index (χ1n) is 5.59. The molecular formula is C12H17ClN2. The Hall–Kier alpha value is -0.760. The molecule has 2 nitrogen and oxygen atoms in total. The average Bonchev–Trinajstić information content (AvgIpc) is 3.01. The molecule has 1 unspecified atom stereocenters. The number of aryl methyl sites for hydroxylation is 1. The van der Waals surface area contributed by atoms with Gasteiger partial charge in [-0.15, -0.1) is 0 Å². The molecule has 1 heterocycles. The van der Waals surface area contributed by atoms with E-state index in [9.17, 15) is 0 Å². The maximum Gasteiger partial charge on any atom is 0.129 e. The SMILES string of the molecule is CCn1cc(C2CC2)cc/c1=N/C(C)Cl. The van der Waals surface area contributed by atoms with Crippen molar-refractivity contribution in [2.24, 2.45) is 4.99 Å². The minimum absolute atomic E-state index is 0.158. The lowest BCUT2D eigenvalue weighted by Gasteiger charge is -2.07. The topological polar surface area (TPSA) is 17.3 Å². The van der Waals surface area contributed by atoms with E-state index >= 15 is 0 Å². The number of rotatable bonds is 3. The number of alkyl halides is 1. The fourth-order valence-corrected chi connectivity index (χ4v) is 1.87. The Morgan fingerprint density at radius 2 is 2.27 bits per heavy atom. The van der Waals surface area contributed by atoms with E-state index in [4.69, 9.17) is 11.6 Å². The standard InChI is InChI=1S/C12H17ClN2/c1-3-15-8-11(10-4-5-10)6-7-12(15)14-9(2)13/h6-10H,3-5H2,1-2H3/b14-12-. The highest BCUT2D eigenvalue weighted by Gasteiger charge is 2.23. The summed E-state index contributed by atoms with van der Waals surface area (Å²) in [5.41, 5.74) is 2.26. The van der Waals surface area contributed by atoms with Crippen molar-refractivity contribution in [2.45, 2.75) is 44.7 Å². The van der Waals surface area contributed by atoms with E-state index in [0.29, 0.717) is 0 Å². The van der Waals surface area contributed by atoms with Gasteiger partial charge in [-0.3, -0.25) is 0 Å². The Bertz CT molecular complexity index is 402. The second kappa shape index (κ2) is 4.40. The van der Waals surface area contributed by atoms with Crippen LogP contribution in [-0.4, -0.2) is 10.1 Å². The van der Waals surface area contributed by atoms with Gasteiger partial charge in [0.1, 0.15) is 11.0 Å². The first-order chi connectivity index (χ1) is 7.20. The van der Waals surface area contributed by atoms with E-state index in [2.05, 4.69) is 34.8 Å². The molecule has 1 aliphatic carbocycles. The summed E-state index contributed by atoms with van der Waals surface area (Å²) in [6.07, 6.45) is 4.90. The molecule has 82 valence electrons. The van der Waals surface area contributed by atoms with E-state index < -0.39 is 0 Å². The van der Waals surface area contributed by atoms with E-state index in [1.807, 2.05) is 6.92 Å². The molecule has 1 fully saturated rings. The van der Waals surface area contributed by atoms with Gasteiger partial charge in [-0.2, -0.15) is 0 Å². The zero-order chi connectivity index (χ0) is 10.8. The van der Waals surface area contributed by atoms with Gasteiger partial charge in [-0.05, 0) is 44.2 Å². The lowest BCUT2D eigenvalue weighted by Crippen LogP contribution is -2.21. The molecule has 1 aromatic rings. The number of nitrogens with zero attached hydrogens (tertiary/aromatic N) is 2. The number of aromatic nitrogens is 1. The fourth-order valence-electron chi connectivity index (χ4n) is 1.77. The molecule has 0 aliphatic heterocycles. The van der Waals surface area contributed by atoms with Crippen LogP contribution in [0.5, 0.6) is 0 Å². The van der Waals surface area contributed by atoms with Gasteiger partial charge in [0.15, 0.2) is 0 Å². The summed E-state index contributed by atoms with van der Waals surface area (Å²) in [7, 11) is 0. The van der Waals surface area contributed by atoms with Gasteiger partial charge in [-0.1, -0.05) is 17.7 Å². The van der Waals surface area contributed by atoms with Crippen molar-refractivity contribution >= 4 is 11.6 Å². The highest BCUT2D eigenvalue weighted by atomic mass is 35.5. The van der Waals surface area contributed by atoms with Crippen LogP contribution in [-0.2, 0) is 6.54 Å². The Morgan fingerprint density at radius 3 is 2.80 bits per heavy atom. The van der Waals surface area contributed by atoms with Crippen LogP contribution in [0.1, 0.15) is 38.2 Å². The van der Waals surface area contributed by atoms with Crippen molar-refractivity contribution in [1.82, 2.24) is 4.57 Å². The van der Waals surface area contributed by atoms with Crippen LogP contribution in [0.15, 0.2) is 23.3 Å². The lowest BCUT2D eigenvalue weighted by molar-refractivity contribution is 0.689. The molecule has 0 spiro atoms. The van der Waals surface area contributed by atoms with Gasteiger partial charge >= 0.3 is 0 Å². The van der Waals surface area contributed by atoms with Crippen molar-refractivity contribution in [3.8, 4) is 0 Å². The van der Waals surface area contributed by atoms with Crippen molar-refractivity contribution < 1.29 is 0 Å². The van der Waals surface area contributed by atoms with Crippen LogP contribution < -0.4 is 5.49 Å². The van der Waals surface area contributed by atoms with Crippen molar-refractivity contribution in [1.29, 1.82) is 0 Å². The van der Waals surface area contributed by atoms with Crippen molar-refractivity contribution in [3.05, 3.63) is 29.4 Å². The summed E-state index contributed by atoms with van der Waals surface area (Å²) in [5.74, 6) is 0.797. The molecular weight excluding hydrogens is 208 g/mol. The Morgan fingerprint density at radius 1 is 1.53 bits per heavy atom. The van der Waals surface area contributed by atoms with E-state index in [0.717, 1.165) is 18.0 Å². The number of halogens is 1. The predicted molar refractivity (Wildman–Crippen MR) is 63.0 cm³/mol. The molecule has 0 aromatic carbocycles. The molecule has 15 heavy (non-hydrogen) atoms. The van der Waals surface area contributed by atoms with Crippen LogP contribution in [0.4, 0.5) is 0 Å². The number of hydrogen-bond donors (Lipinski definition) is 0. The largest absolute Gasteiger partial charge is 0.333 e. The van der Waals surface area contributed by atoms with E-state index in [1.54, 1.807) is 0 Å². The third kappa shape index (κ3) is 2.63. The monoisotopic (exact) mass is 224 g/mol. The van der Waals surface area contributed by atoms with Crippen molar-refractivity contribution in [2.75, 3.05) is 0 Å². The smallest absolute Gasteiger partial charge is 0.129 e. The molecule has 0 N–H and O–H groups in total. The first-order valence-corrected chi connectivity index (χ1v) is 6.02. The van der Waals surface area contributed by atoms with Gasteiger partial charge in [0, 0.05) is 12.7 Å². The second-order valence-corrected chi connectivity index (χ2v) is 4.72. The molecule has 1 atom stereocenters. The Labute approximate surface area is 95.6 Å². The Kier molecular flexibility index (Phi) is 3.15. The number of pyridine rings is 1. The van der Waals surface area contributed by atoms with Crippen LogP contribution in [0, 0.1) is 0 Å². The van der Waals surface area contributed by atoms with Crippen LogP contribution >= 0.6 is 11.6 Å². The van der Waals surface area contributed by atoms with Gasteiger partial charge in [0.2, 0.25) is 0 Å². The van der Waals surface area contributed by atoms with E-state index in [-0.39, 0.29) is 5.50 Å². The number of hydrogen-bond acceptors (Lipinski definition) is 1. The maximum absolute atomic E-state index is 5.88. The normalized spacial score (nSPS) is 19.3. The fraction of sp³-hybridized carbons (Fsp3) is 0.583. The maximum atomic E-state index is 5.88. The molecule has 0 saturated heterocycles. The van der Waals surface area contributed by atoms with Crippen LogP contribution in [0.3, 0.4) is 0 Å². The quantitative estimate of drug-likeness (QED) is 0.555. The van der Waals surface area contributed by atoms with E-state index in [1.165, 1.54) is 18.4 Å². The summed E-state index contributed by atoms with van der Waals surface area (Å²) in [4.78, 5) is 4.38. The van der Waals surface area contributed by atoms with Gasteiger partial charge in [-0.25, -0.2) is 4.99 Å². The average molecular weight is 225 g/mol. The van der Waals surface area contributed by atoms with Gasteiger partial charge in [0.05, 0.1) is 0 Å². The zero-order valence-corrected chi connectivity index (χ0v) is 10.0. The second-order valence-electron chi connectivity index (χ2n) is 4.08. The third-order valence-corrected chi connectivity index (χ3v) is 2.82. The van der Waals surface area contributed by atoms with Gasteiger partial charge < -0.3 is 4.57 Å². The third-order valence-electron chi connectivity index (χ3n) is 2.72. The minimum atomic E-state index is -0.158. The molecule has 3 heteroatoms. The van der Waals surface area contributed by atoms with Crippen molar-refractivity contribution in [3.63, 3.8) is 0 Å². The van der Waals surface area contributed by atoms with Gasteiger partial charge in [0.25, 0.3) is 0 Å². The van der Waals surface area contributed by atoms with Crippen LogP contribution in [0.2, 0.25) is 0 Å². The molecule has 0 bridgehead atoms. The summed E-state index contributed by atoms with van der Waals surface area (Å²) in [5, 5.41) is 0. The summed E-state index contributed by atoms with van der Waals surface area (Å²) < 4.78 is 2.17. The molecule has 1 aliphatic rings. The summed E-state index contributed by atoms with van der Waals surface area (Å²) in [6.45, 7) is 4.97. The molecule has 0 radical (unpaired) electrons. The predicted octanol–water partition coefficient (Wildman–Crippen LogP) is 2.87. The highest BCUT2D eigenvalue weighted by molar-refractivity contribution is 6.20. The molecule has 1 saturated carbocycles. The first kappa shape index (κ1) is 10.7. The lowest BCUT2D eigenvalue weighted by atomic mass is 10.2. The molecule has 1 aromatic heterocycles. The zero-order valence-electron chi connectivity index (χ0n) is 9.28. The minimum Gasteiger partial charge on any atom is -0.333 e. The van der Waals surface area contributed by atoms with Crippen LogP contribution in [0.25, 0.3) is 0 Å². The summed E-state index contributed by atoms with van der Waals surface area (Å²) >= 11 is 5.88. The molecule has 0 amide bonds. The Balaban J connectivity index is 2.39. The highest BCUT2D eigenvalue weighted by Crippen LogP contribution is 2.39. The summed E-state index contributed by atoms with van der Waals surface area (Å²) in [6, 6.07) is 4.26. The molecule has 2 rings (SSSR count).